The highest BCUT2D eigenvalue weighted by Gasteiger charge is 1.93. The summed E-state index contributed by atoms with van der Waals surface area (Å²) in [5.41, 5.74) is 0. The summed E-state index contributed by atoms with van der Waals surface area (Å²) < 4.78 is 0. The van der Waals surface area contributed by atoms with E-state index in [-0.39, 0.29) is 19.0 Å². The van der Waals surface area contributed by atoms with Gasteiger partial charge in [0.05, 0.1) is 13.2 Å². The summed E-state index contributed by atoms with van der Waals surface area (Å²) in [6.45, 7) is 5.29. The van der Waals surface area contributed by atoms with Gasteiger partial charge in [-0.1, -0.05) is 6.58 Å². The summed E-state index contributed by atoms with van der Waals surface area (Å²) in [5.74, 6) is -0.815. The van der Waals surface area contributed by atoms with E-state index in [4.69, 9.17) is 20.4 Å². The number of aliphatic carboxylic acids is 1. The van der Waals surface area contributed by atoms with Crippen LogP contribution in [0.1, 0.15) is 13.8 Å². The molecule has 0 aromatic carbocycles. The van der Waals surface area contributed by atoms with Gasteiger partial charge in [0, 0.05) is 6.08 Å². The van der Waals surface area contributed by atoms with E-state index in [0.29, 0.717) is 0 Å². The van der Waals surface area contributed by atoms with Crippen molar-refractivity contribution in [2.45, 2.75) is 20.0 Å². The van der Waals surface area contributed by atoms with Crippen LogP contribution in [0, 0.1) is 0 Å². The number of rotatable bonds is 3. The number of carboxylic acids is 1. The normalized spacial score (nSPS) is 7.87. The highest BCUT2D eigenvalue weighted by atomic mass is 16.4. The van der Waals surface area contributed by atoms with Crippen LogP contribution in [0.4, 0.5) is 0 Å². The number of carboxylic acid groups (broad SMARTS) is 1. The lowest BCUT2D eigenvalue weighted by Gasteiger charge is -1.96. The number of carbonyl (C=O) groups is 2. The van der Waals surface area contributed by atoms with Gasteiger partial charge in [-0.2, -0.15) is 0 Å². The van der Waals surface area contributed by atoms with Crippen LogP contribution in [0.15, 0.2) is 12.7 Å². The van der Waals surface area contributed by atoms with Crippen LogP contribution in [0.3, 0.4) is 0 Å². The van der Waals surface area contributed by atoms with Crippen LogP contribution in [0.25, 0.3) is 0 Å². The van der Waals surface area contributed by atoms with E-state index >= 15 is 0 Å². The Morgan fingerprint density at radius 3 is 1.47 bits per heavy atom. The van der Waals surface area contributed by atoms with E-state index in [1.807, 2.05) is 0 Å². The Labute approximate surface area is 88.5 Å². The molecule has 0 aliphatic heterocycles. The third kappa shape index (κ3) is 65.2. The van der Waals surface area contributed by atoms with E-state index in [1.165, 1.54) is 13.8 Å². The Balaban J connectivity index is -0.000000147. The van der Waals surface area contributed by atoms with Crippen molar-refractivity contribution in [1.82, 2.24) is 0 Å². The Bertz CT molecular complexity index is 169. The molecule has 0 aliphatic rings. The zero-order chi connectivity index (χ0) is 12.9. The molecule has 0 spiro atoms. The number of aliphatic hydroxyl groups is 3. The van der Waals surface area contributed by atoms with Crippen molar-refractivity contribution in [3.05, 3.63) is 12.7 Å². The second-order valence-corrected chi connectivity index (χ2v) is 2.47. The maximum Gasteiger partial charge on any atom is 0.327 e. The molecule has 0 atom stereocenters. The molecule has 6 heteroatoms. The van der Waals surface area contributed by atoms with Gasteiger partial charge >= 0.3 is 5.97 Å². The summed E-state index contributed by atoms with van der Waals surface area (Å²) >= 11 is 0. The number of hydrogen-bond donors (Lipinski definition) is 4. The predicted octanol–water partition coefficient (Wildman–Crippen LogP) is -0.816. The lowest BCUT2D eigenvalue weighted by atomic mass is 10.4. The molecular weight excluding hydrogens is 204 g/mol. The summed E-state index contributed by atoms with van der Waals surface area (Å²) in [7, 11) is 0. The van der Waals surface area contributed by atoms with Crippen LogP contribution in [-0.4, -0.2) is 51.5 Å². The van der Waals surface area contributed by atoms with E-state index in [9.17, 15) is 9.59 Å². The topological polar surface area (TPSA) is 115 Å². The molecule has 0 bridgehead atoms. The van der Waals surface area contributed by atoms with Crippen molar-refractivity contribution in [2.75, 3.05) is 13.2 Å². The second kappa shape index (κ2) is 15.2. The van der Waals surface area contributed by atoms with Crippen LogP contribution in [0.2, 0.25) is 0 Å². The molecule has 0 unspecified atom stereocenters. The molecule has 0 fully saturated rings. The van der Waals surface area contributed by atoms with E-state index in [1.54, 1.807) is 0 Å². The highest BCUT2D eigenvalue weighted by Crippen LogP contribution is 1.71. The van der Waals surface area contributed by atoms with Crippen molar-refractivity contribution in [2.24, 2.45) is 0 Å². The Kier molecular flexibility index (Phi) is 19.7. The van der Waals surface area contributed by atoms with E-state index < -0.39 is 12.1 Å². The molecule has 0 aromatic rings. The molecule has 4 N–H and O–H groups in total. The van der Waals surface area contributed by atoms with Crippen LogP contribution < -0.4 is 0 Å². The Morgan fingerprint density at radius 2 is 1.47 bits per heavy atom. The largest absolute Gasteiger partial charge is 0.478 e. The molecule has 90 valence electrons. The minimum atomic E-state index is -0.981. The van der Waals surface area contributed by atoms with Gasteiger partial charge < -0.3 is 25.2 Å². The number of Topliss-reactive ketones (excluding diaryl/α,β-unsaturated/α-hetero) is 1. The molecule has 6 nitrogen and oxygen atoms in total. The third-order valence-corrected chi connectivity index (χ3v) is 0.596. The first-order chi connectivity index (χ1) is 6.81. The maximum atomic E-state index is 9.44. The van der Waals surface area contributed by atoms with Gasteiger partial charge in [0.25, 0.3) is 0 Å². The molecular formula is C9H18O6. The van der Waals surface area contributed by atoms with Crippen LogP contribution in [-0.2, 0) is 9.59 Å². The fraction of sp³-hybridized carbons (Fsp3) is 0.556. The smallest absolute Gasteiger partial charge is 0.327 e. The molecule has 0 aromatic heterocycles. The Morgan fingerprint density at radius 1 is 1.27 bits per heavy atom. The van der Waals surface area contributed by atoms with Gasteiger partial charge in [-0.15, -0.1) is 0 Å². The number of ketones is 1. The van der Waals surface area contributed by atoms with Crippen LogP contribution >= 0.6 is 0 Å². The van der Waals surface area contributed by atoms with Gasteiger partial charge in [-0.25, -0.2) is 4.79 Å². The second-order valence-electron chi connectivity index (χ2n) is 2.47. The molecule has 0 saturated carbocycles. The molecule has 15 heavy (non-hydrogen) atoms. The molecule has 0 aliphatic carbocycles. The van der Waals surface area contributed by atoms with Crippen molar-refractivity contribution in [3.8, 4) is 0 Å². The standard InChI is InChI=1S/C3H8O3.C3H4O2.C3H6O/c4-1-3(6)2-5;1-2-3(4)5;1-3(2)4/h3-6H,1-2H2;2H,1H2,(H,4,5);1-2H3. The van der Waals surface area contributed by atoms with Gasteiger partial charge in [0.15, 0.2) is 0 Å². The average Bonchev–Trinajstić information content (AvgIpc) is 2.16. The van der Waals surface area contributed by atoms with E-state index in [2.05, 4.69) is 6.58 Å². The summed E-state index contributed by atoms with van der Waals surface area (Å²) in [6.07, 6.45) is -0.120. The van der Waals surface area contributed by atoms with Crippen molar-refractivity contribution in [3.63, 3.8) is 0 Å². The van der Waals surface area contributed by atoms with Gasteiger partial charge in [-0.05, 0) is 13.8 Å². The fourth-order valence-electron chi connectivity index (χ4n) is 0.0577. The number of hydrogen-bond acceptors (Lipinski definition) is 5. The maximum absolute atomic E-state index is 9.44. The van der Waals surface area contributed by atoms with Crippen molar-refractivity contribution >= 4 is 11.8 Å². The number of aliphatic hydroxyl groups excluding tert-OH is 3. The number of carbonyl (C=O) groups excluding carboxylic acids is 1. The Hall–Kier alpha value is -1.24. The SMILES string of the molecule is C=CC(=O)O.CC(C)=O.OCC(O)CO. The van der Waals surface area contributed by atoms with Crippen molar-refractivity contribution in [1.29, 1.82) is 0 Å². The van der Waals surface area contributed by atoms with E-state index in [0.717, 1.165) is 6.08 Å². The first kappa shape index (κ1) is 19.4. The van der Waals surface area contributed by atoms with Crippen LogP contribution in [0.5, 0.6) is 0 Å². The monoisotopic (exact) mass is 222 g/mol. The molecule has 0 radical (unpaired) electrons. The molecule has 0 saturated heterocycles. The van der Waals surface area contributed by atoms with Gasteiger partial charge in [-0.3, -0.25) is 0 Å². The summed E-state index contributed by atoms with van der Waals surface area (Å²) in [6, 6.07) is 0. The zero-order valence-electron chi connectivity index (χ0n) is 8.88. The zero-order valence-corrected chi connectivity index (χ0v) is 8.88. The van der Waals surface area contributed by atoms with Crippen molar-refractivity contribution < 1.29 is 30.0 Å². The van der Waals surface area contributed by atoms with Gasteiger partial charge in [0.2, 0.25) is 0 Å². The average molecular weight is 222 g/mol. The predicted molar refractivity (Wildman–Crippen MR) is 54.4 cm³/mol. The summed E-state index contributed by atoms with van der Waals surface area (Å²) in [4.78, 5) is 18.7. The third-order valence-electron chi connectivity index (χ3n) is 0.596. The molecule has 0 heterocycles. The first-order valence-electron chi connectivity index (χ1n) is 4.04. The molecule has 0 amide bonds. The minimum absolute atomic E-state index is 0.167. The van der Waals surface area contributed by atoms with Gasteiger partial charge in [0.1, 0.15) is 11.9 Å². The first-order valence-corrected chi connectivity index (χ1v) is 4.04. The highest BCUT2D eigenvalue weighted by molar-refractivity contribution is 5.78. The minimum Gasteiger partial charge on any atom is -0.478 e. The quantitative estimate of drug-likeness (QED) is 0.464. The summed E-state index contributed by atoms with van der Waals surface area (Å²) in [5, 5.41) is 31.6. The molecule has 0 rings (SSSR count). The lowest BCUT2D eigenvalue weighted by Crippen LogP contribution is -2.15. The fourth-order valence-corrected chi connectivity index (χ4v) is 0.0577. The lowest BCUT2D eigenvalue weighted by molar-refractivity contribution is -0.131.